The molecule has 0 atom stereocenters. The maximum Gasteiger partial charge on any atom is 0.243 e. The maximum atomic E-state index is 12.8. The molecule has 0 bridgehead atoms. The highest BCUT2D eigenvalue weighted by Crippen LogP contribution is 2.24. The van der Waals surface area contributed by atoms with Crippen molar-refractivity contribution in [1.29, 1.82) is 0 Å². The number of sulfonamides is 1. The normalized spacial score (nSPS) is 18.3. The van der Waals surface area contributed by atoms with E-state index in [-0.39, 0.29) is 11.8 Å². The standard InChI is InChI=1S/C23H30N4O3S/c1-18-4-7-21(8-5-18)31(29,30)27-14-10-20(11-15-27)23(28)25-17-19-6-9-22(24-16-19)26-12-2-3-13-26/h4-9,16,20H,2-3,10-15,17H2,1H3,(H,25,28). The van der Waals surface area contributed by atoms with Crippen LogP contribution < -0.4 is 10.2 Å². The maximum absolute atomic E-state index is 12.8. The molecule has 2 aliphatic heterocycles. The molecular formula is C23H30N4O3S. The number of aryl methyl sites for hydroxylation is 1. The first-order chi connectivity index (χ1) is 14.9. The van der Waals surface area contributed by atoms with Crippen molar-refractivity contribution < 1.29 is 13.2 Å². The molecule has 0 saturated carbocycles. The van der Waals surface area contributed by atoms with E-state index in [9.17, 15) is 13.2 Å². The lowest BCUT2D eigenvalue weighted by molar-refractivity contribution is -0.126. The van der Waals surface area contributed by atoms with Gasteiger partial charge >= 0.3 is 0 Å². The van der Waals surface area contributed by atoms with Gasteiger partial charge in [-0.1, -0.05) is 23.8 Å². The van der Waals surface area contributed by atoms with Gasteiger partial charge in [0.2, 0.25) is 15.9 Å². The van der Waals surface area contributed by atoms with Crippen LogP contribution in [0.4, 0.5) is 5.82 Å². The fourth-order valence-electron chi connectivity index (χ4n) is 4.21. The number of rotatable bonds is 6. The van der Waals surface area contributed by atoms with Crippen molar-refractivity contribution >= 4 is 21.7 Å². The molecule has 3 heterocycles. The van der Waals surface area contributed by atoms with Crippen molar-refractivity contribution in [2.45, 2.75) is 44.0 Å². The molecule has 2 saturated heterocycles. The molecule has 166 valence electrons. The Morgan fingerprint density at radius 1 is 1.03 bits per heavy atom. The molecule has 4 rings (SSSR count). The Bertz CT molecular complexity index is 992. The van der Waals surface area contributed by atoms with Gasteiger partial charge in [-0.3, -0.25) is 4.79 Å². The van der Waals surface area contributed by atoms with E-state index in [1.807, 2.05) is 25.3 Å². The molecule has 0 aliphatic carbocycles. The predicted octanol–water partition coefficient (Wildman–Crippen LogP) is 2.71. The Labute approximate surface area is 184 Å². The second-order valence-electron chi connectivity index (χ2n) is 8.43. The van der Waals surface area contributed by atoms with Crippen LogP contribution in [0.1, 0.15) is 36.8 Å². The highest BCUT2D eigenvalue weighted by molar-refractivity contribution is 7.89. The number of nitrogens with one attached hydrogen (secondary N) is 1. The van der Waals surface area contributed by atoms with Gasteiger partial charge in [-0.15, -0.1) is 0 Å². The number of amides is 1. The second-order valence-corrected chi connectivity index (χ2v) is 10.4. The van der Waals surface area contributed by atoms with Crippen LogP contribution in [-0.2, 0) is 21.4 Å². The van der Waals surface area contributed by atoms with Gasteiger partial charge in [-0.05, 0) is 56.4 Å². The first-order valence-electron chi connectivity index (χ1n) is 11.0. The minimum absolute atomic E-state index is 0.0176. The molecule has 1 aromatic heterocycles. The molecule has 1 aromatic carbocycles. The summed E-state index contributed by atoms with van der Waals surface area (Å²) < 4.78 is 27.1. The highest BCUT2D eigenvalue weighted by atomic mass is 32.2. The largest absolute Gasteiger partial charge is 0.357 e. The average molecular weight is 443 g/mol. The smallest absolute Gasteiger partial charge is 0.243 e. The van der Waals surface area contributed by atoms with E-state index in [1.165, 1.54) is 17.1 Å². The Balaban J connectivity index is 1.27. The van der Waals surface area contributed by atoms with Gasteiger partial charge in [-0.25, -0.2) is 13.4 Å². The van der Waals surface area contributed by atoms with Crippen LogP contribution >= 0.6 is 0 Å². The molecule has 2 aliphatic rings. The summed E-state index contributed by atoms with van der Waals surface area (Å²) in [5.74, 6) is 0.812. The van der Waals surface area contributed by atoms with Gasteiger partial charge in [0.05, 0.1) is 4.90 Å². The molecule has 2 aromatic rings. The summed E-state index contributed by atoms with van der Waals surface area (Å²) in [5, 5.41) is 2.99. The zero-order valence-corrected chi connectivity index (χ0v) is 18.8. The molecular weight excluding hydrogens is 412 g/mol. The Morgan fingerprint density at radius 3 is 2.32 bits per heavy atom. The van der Waals surface area contributed by atoms with Crippen molar-refractivity contribution in [3.63, 3.8) is 0 Å². The lowest BCUT2D eigenvalue weighted by atomic mass is 9.97. The van der Waals surface area contributed by atoms with Crippen LogP contribution in [0.2, 0.25) is 0 Å². The SMILES string of the molecule is Cc1ccc(S(=O)(=O)N2CCC(C(=O)NCc3ccc(N4CCCC4)nc3)CC2)cc1. The lowest BCUT2D eigenvalue weighted by Gasteiger charge is -2.30. The van der Waals surface area contributed by atoms with Gasteiger partial charge in [-0.2, -0.15) is 4.31 Å². The van der Waals surface area contributed by atoms with Crippen LogP contribution in [0.15, 0.2) is 47.5 Å². The third kappa shape index (κ3) is 5.07. The summed E-state index contributed by atoms with van der Waals surface area (Å²) >= 11 is 0. The number of nitrogens with zero attached hydrogens (tertiary/aromatic N) is 3. The van der Waals surface area contributed by atoms with E-state index >= 15 is 0 Å². The van der Waals surface area contributed by atoms with Crippen molar-refractivity contribution in [2.75, 3.05) is 31.1 Å². The minimum atomic E-state index is -3.51. The lowest BCUT2D eigenvalue weighted by Crippen LogP contribution is -2.42. The first-order valence-corrected chi connectivity index (χ1v) is 12.4. The number of anilines is 1. The molecule has 2 fully saturated rings. The summed E-state index contributed by atoms with van der Waals surface area (Å²) in [7, 11) is -3.51. The van der Waals surface area contributed by atoms with Crippen molar-refractivity contribution in [3.8, 4) is 0 Å². The van der Waals surface area contributed by atoms with Crippen LogP contribution in [0.3, 0.4) is 0 Å². The number of pyridine rings is 1. The van der Waals surface area contributed by atoms with Gasteiger partial charge in [0.1, 0.15) is 5.82 Å². The topological polar surface area (TPSA) is 82.6 Å². The molecule has 1 amide bonds. The average Bonchev–Trinajstić information content (AvgIpc) is 3.33. The third-order valence-electron chi connectivity index (χ3n) is 6.19. The highest BCUT2D eigenvalue weighted by Gasteiger charge is 2.32. The molecule has 1 N–H and O–H groups in total. The zero-order chi connectivity index (χ0) is 21.8. The number of piperidine rings is 1. The van der Waals surface area contributed by atoms with Gasteiger partial charge in [0, 0.05) is 44.8 Å². The van der Waals surface area contributed by atoms with E-state index in [4.69, 9.17) is 0 Å². The van der Waals surface area contributed by atoms with Crippen LogP contribution in [0.5, 0.6) is 0 Å². The summed E-state index contributed by atoms with van der Waals surface area (Å²) in [6.07, 6.45) is 5.31. The number of aromatic nitrogens is 1. The fraction of sp³-hybridized carbons (Fsp3) is 0.478. The quantitative estimate of drug-likeness (QED) is 0.744. The van der Waals surface area contributed by atoms with Gasteiger partial charge in [0.25, 0.3) is 0 Å². The van der Waals surface area contributed by atoms with Gasteiger partial charge in [0.15, 0.2) is 0 Å². The van der Waals surface area contributed by atoms with E-state index in [0.717, 1.165) is 30.0 Å². The van der Waals surface area contributed by atoms with Gasteiger partial charge < -0.3 is 10.2 Å². The van der Waals surface area contributed by atoms with Crippen molar-refractivity contribution in [3.05, 3.63) is 53.7 Å². The van der Waals surface area contributed by atoms with E-state index in [2.05, 4.69) is 15.2 Å². The van der Waals surface area contributed by atoms with Crippen molar-refractivity contribution in [1.82, 2.24) is 14.6 Å². The molecule has 0 radical (unpaired) electrons. The molecule has 31 heavy (non-hydrogen) atoms. The van der Waals surface area contributed by atoms with E-state index < -0.39 is 10.0 Å². The minimum Gasteiger partial charge on any atom is -0.357 e. The monoisotopic (exact) mass is 442 g/mol. The number of hydrogen-bond acceptors (Lipinski definition) is 5. The van der Waals surface area contributed by atoms with Crippen molar-refractivity contribution in [2.24, 2.45) is 5.92 Å². The van der Waals surface area contributed by atoms with Crippen LogP contribution in [0.25, 0.3) is 0 Å². The summed E-state index contributed by atoms with van der Waals surface area (Å²) in [6.45, 7) is 5.20. The second kappa shape index (κ2) is 9.36. The molecule has 0 unspecified atom stereocenters. The summed E-state index contributed by atoms with van der Waals surface area (Å²) in [4.78, 5) is 19.7. The number of carbonyl (C=O) groups excluding carboxylic acids is 1. The molecule has 7 nitrogen and oxygen atoms in total. The Hall–Kier alpha value is -2.45. The van der Waals surface area contributed by atoms with Crippen LogP contribution in [-0.4, -0.2) is 49.8 Å². The summed E-state index contributed by atoms with van der Waals surface area (Å²) in [6, 6.07) is 10.9. The van der Waals surface area contributed by atoms with E-state index in [0.29, 0.717) is 37.4 Å². The summed E-state index contributed by atoms with van der Waals surface area (Å²) in [5.41, 5.74) is 1.99. The molecule has 0 spiro atoms. The van der Waals surface area contributed by atoms with Crippen LogP contribution in [0, 0.1) is 12.8 Å². The third-order valence-corrected chi connectivity index (χ3v) is 8.10. The number of carbonyl (C=O) groups is 1. The van der Waals surface area contributed by atoms with E-state index in [1.54, 1.807) is 24.3 Å². The Morgan fingerprint density at radius 2 is 1.71 bits per heavy atom. The Kier molecular flexibility index (Phi) is 6.57. The fourth-order valence-corrected chi connectivity index (χ4v) is 5.68. The number of benzene rings is 1. The zero-order valence-electron chi connectivity index (χ0n) is 18.0. The predicted molar refractivity (Wildman–Crippen MR) is 120 cm³/mol. The number of hydrogen-bond donors (Lipinski definition) is 1. The molecule has 8 heteroatoms. The first kappa shape index (κ1) is 21.8.